The van der Waals surface area contributed by atoms with Gasteiger partial charge in [-0.25, -0.2) is 13.1 Å². The Bertz CT molecular complexity index is 549. The van der Waals surface area contributed by atoms with Gasteiger partial charge in [-0.3, -0.25) is 0 Å². The number of rotatable bonds is 6. The molecular formula is C14H21ClN2O3S. The lowest BCUT2D eigenvalue weighted by molar-refractivity contribution is 0.0577. The van der Waals surface area contributed by atoms with Crippen LogP contribution in [-0.2, 0) is 14.8 Å². The van der Waals surface area contributed by atoms with Crippen molar-refractivity contribution in [1.82, 2.24) is 10.0 Å². The van der Waals surface area contributed by atoms with Gasteiger partial charge in [0.25, 0.3) is 0 Å². The van der Waals surface area contributed by atoms with Gasteiger partial charge in [0, 0.05) is 24.1 Å². The second-order valence-electron chi connectivity index (χ2n) is 5.46. The summed E-state index contributed by atoms with van der Waals surface area (Å²) in [6, 6.07) is 6.17. The summed E-state index contributed by atoms with van der Waals surface area (Å²) < 4.78 is 32.6. The highest BCUT2D eigenvalue weighted by molar-refractivity contribution is 7.89. The predicted octanol–water partition coefficient (Wildman–Crippen LogP) is 1.63. The highest BCUT2D eigenvalue weighted by Crippen LogP contribution is 2.29. The maximum absolute atomic E-state index is 12.3. The smallest absolute Gasteiger partial charge is 0.240 e. The van der Waals surface area contributed by atoms with Crippen LogP contribution in [0.15, 0.2) is 29.2 Å². The standard InChI is InChI=1S/C14H21ClN2O3S/c1-20-11-14(6-8-16-9-7-14)10-17-21(18,19)13-4-2-12(15)3-5-13/h2-5,16-17H,6-11H2,1H3. The second-order valence-corrected chi connectivity index (χ2v) is 7.66. The van der Waals surface area contributed by atoms with E-state index in [-0.39, 0.29) is 10.3 Å². The number of hydrogen-bond donors (Lipinski definition) is 2. The molecule has 1 aromatic carbocycles. The number of piperidine rings is 1. The summed E-state index contributed by atoms with van der Waals surface area (Å²) in [6.07, 6.45) is 1.79. The molecule has 1 aliphatic rings. The topological polar surface area (TPSA) is 67.4 Å². The third kappa shape index (κ3) is 4.40. The molecule has 0 spiro atoms. The molecule has 0 bridgehead atoms. The molecule has 2 rings (SSSR count). The number of methoxy groups -OCH3 is 1. The molecule has 0 saturated carbocycles. The monoisotopic (exact) mass is 332 g/mol. The second kappa shape index (κ2) is 7.07. The molecule has 1 fully saturated rings. The first-order chi connectivity index (χ1) is 9.97. The molecule has 0 unspecified atom stereocenters. The Labute approximate surface area is 131 Å². The van der Waals surface area contributed by atoms with Gasteiger partial charge in [0.2, 0.25) is 10.0 Å². The van der Waals surface area contributed by atoms with Gasteiger partial charge in [-0.05, 0) is 50.2 Å². The molecule has 1 heterocycles. The van der Waals surface area contributed by atoms with Crippen LogP contribution in [0.4, 0.5) is 0 Å². The zero-order valence-electron chi connectivity index (χ0n) is 12.1. The van der Waals surface area contributed by atoms with E-state index in [4.69, 9.17) is 16.3 Å². The van der Waals surface area contributed by atoms with Crippen molar-refractivity contribution in [2.45, 2.75) is 17.7 Å². The fraction of sp³-hybridized carbons (Fsp3) is 0.571. The molecular weight excluding hydrogens is 312 g/mol. The molecule has 0 amide bonds. The van der Waals surface area contributed by atoms with Crippen LogP contribution in [0.2, 0.25) is 5.02 Å². The van der Waals surface area contributed by atoms with Crippen LogP contribution in [0.3, 0.4) is 0 Å². The lowest BCUT2D eigenvalue weighted by Gasteiger charge is -2.37. The van der Waals surface area contributed by atoms with Gasteiger partial charge in [-0.1, -0.05) is 11.6 Å². The van der Waals surface area contributed by atoms with Crippen molar-refractivity contribution in [3.63, 3.8) is 0 Å². The number of halogens is 1. The van der Waals surface area contributed by atoms with Gasteiger partial charge in [-0.15, -0.1) is 0 Å². The average Bonchev–Trinajstić information content (AvgIpc) is 2.47. The van der Waals surface area contributed by atoms with Gasteiger partial charge in [0.1, 0.15) is 0 Å². The molecule has 0 aromatic heterocycles. The van der Waals surface area contributed by atoms with Crippen molar-refractivity contribution in [2.75, 3.05) is 33.4 Å². The molecule has 118 valence electrons. The molecule has 1 aliphatic heterocycles. The third-order valence-electron chi connectivity index (χ3n) is 3.88. The minimum atomic E-state index is -3.52. The Morgan fingerprint density at radius 2 is 1.90 bits per heavy atom. The zero-order chi connectivity index (χ0) is 15.3. The maximum atomic E-state index is 12.3. The van der Waals surface area contributed by atoms with Gasteiger partial charge in [0.15, 0.2) is 0 Å². The van der Waals surface area contributed by atoms with Crippen LogP contribution in [0.1, 0.15) is 12.8 Å². The van der Waals surface area contributed by atoms with Crippen LogP contribution in [0.25, 0.3) is 0 Å². The minimum Gasteiger partial charge on any atom is -0.384 e. The first-order valence-electron chi connectivity index (χ1n) is 6.92. The Morgan fingerprint density at radius 3 is 2.48 bits per heavy atom. The minimum absolute atomic E-state index is 0.139. The van der Waals surface area contributed by atoms with E-state index < -0.39 is 10.0 Å². The van der Waals surface area contributed by atoms with E-state index in [1.54, 1.807) is 19.2 Å². The molecule has 7 heteroatoms. The van der Waals surface area contributed by atoms with Gasteiger partial charge in [0.05, 0.1) is 11.5 Å². The molecule has 0 aliphatic carbocycles. The predicted molar refractivity (Wildman–Crippen MR) is 83.1 cm³/mol. The van der Waals surface area contributed by atoms with E-state index in [0.29, 0.717) is 18.2 Å². The molecule has 1 saturated heterocycles. The van der Waals surface area contributed by atoms with E-state index in [1.165, 1.54) is 12.1 Å². The Balaban J connectivity index is 2.07. The van der Waals surface area contributed by atoms with Crippen LogP contribution in [-0.4, -0.2) is 41.8 Å². The van der Waals surface area contributed by atoms with Crippen molar-refractivity contribution in [3.8, 4) is 0 Å². The summed E-state index contributed by atoms with van der Waals surface area (Å²) >= 11 is 5.79. The summed E-state index contributed by atoms with van der Waals surface area (Å²) in [5, 5.41) is 3.80. The summed E-state index contributed by atoms with van der Waals surface area (Å²) in [7, 11) is -1.87. The molecule has 5 nitrogen and oxygen atoms in total. The maximum Gasteiger partial charge on any atom is 0.240 e. The molecule has 0 atom stereocenters. The van der Waals surface area contributed by atoms with Crippen molar-refractivity contribution >= 4 is 21.6 Å². The fourth-order valence-corrected chi connectivity index (χ4v) is 3.86. The van der Waals surface area contributed by atoms with Crippen LogP contribution < -0.4 is 10.0 Å². The molecule has 2 N–H and O–H groups in total. The number of sulfonamides is 1. The van der Waals surface area contributed by atoms with E-state index >= 15 is 0 Å². The largest absolute Gasteiger partial charge is 0.384 e. The fourth-order valence-electron chi connectivity index (χ4n) is 2.58. The van der Waals surface area contributed by atoms with Gasteiger partial charge in [-0.2, -0.15) is 0 Å². The zero-order valence-corrected chi connectivity index (χ0v) is 13.6. The van der Waals surface area contributed by atoms with Gasteiger partial charge >= 0.3 is 0 Å². The lowest BCUT2D eigenvalue weighted by Crippen LogP contribution is -2.47. The normalized spacial score (nSPS) is 18.6. The number of ether oxygens (including phenoxy) is 1. The van der Waals surface area contributed by atoms with Crippen LogP contribution in [0.5, 0.6) is 0 Å². The quantitative estimate of drug-likeness (QED) is 0.831. The summed E-state index contributed by atoms with van der Waals surface area (Å²) in [5.41, 5.74) is -0.139. The first kappa shape index (κ1) is 16.7. The van der Waals surface area contributed by atoms with E-state index in [2.05, 4.69) is 10.0 Å². The summed E-state index contributed by atoms with van der Waals surface area (Å²) in [4.78, 5) is 0.230. The highest BCUT2D eigenvalue weighted by Gasteiger charge is 2.33. The van der Waals surface area contributed by atoms with Gasteiger partial charge < -0.3 is 10.1 Å². The number of benzene rings is 1. The molecule has 0 radical (unpaired) electrons. The number of nitrogens with one attached hydrogen (secondary N) is 2. The highest BCUT2D eigenvalue weighted by atomic mass is 35.5. The van der Waals surface area contributed by atoms with E-state index in [1.807, 2.05) is 0 Å². The Hall–Kier alpha value is -0.660. The molecule has 21 heavy (non-hydrogen) atoms. The van der Waals surface area contributed by atoms with Crippen molar-refractivity contribution in [2.24, 2.45) is 5.41 Å². The van der Waals surface area contributed by atoms with Crippen LogP contribution >= 0.6 is 11.6 Å². The van der Waals surface area contributed by atoms with E-state index in [9.17, 15) is 8.42 Å². The summed E-state index contributed by atoms with van der Waals surface area (Å²) in [6.45, 7) is 2.70. The van der Waals surface area contributed by atoms with Crippen molar-refractivity contribution < 1.29 is 13.2 Å². The lowest BCUT2D eigenvalue weighted by atomic mass is 9.80. The van der Waals surface area contributed by atoms with Crippen molar-refractivity contribution in [1.29, 1.82) is 0 Å². The first-order valence-corrected chi connectivity index (χ1v) is 8.78. The SMILES string of the molecule is COCC1(CNS(=O)(=O)c2ccc(Cl)cc2)CCNCC1. The van der Waals surface area contributed by atoms with E-state index in [0.717, 1.165) is 25.9 Å². The summed E-state index contributed by atoms with van der Waals surface area (Å²) in [5.74, 6) is 0. The Kier molecular flexibility index (Phi) is 5.62. The number of hydrogen-bond acceptors (Lipinski definition) is 4. The Morgan fingerprint density at radius 1 is 1.29 bits per heavy atom. The van der Waals surface area contributed by atoms with Crippen LogP contribution in [0, 0.1) is 5.41 Å². The third-order valence-corrected chi connectivity index (χ3v) is 5.54. The van der Waals surface area contributed by atoms with Crippen molar-refractivity contribution in [3.05, 3.63) is 29.3 Å². The average molecular weight is 333 g/mol. The molecule has 1 aromatic rings.